The van der Waals surface area contributed by atoms with E-state index in [0.29, 0.717) is 22.3 Å². The Bertz CT molecular complexity index is 951. The molecule has 0 unspecified atom stereocenters. The van der Waals surface area contributed by atoms with Crippen LogP contribution in [0.2, 0.25) is 0 Å². The average molecular weight is 286 g/mol. The quantitative estimate of drug-likeness (QED) is 0.526. The van der Waals surface area contributed by atoms with Gasteiger partial charge in [0.15, 0.2) is 11.6 Å². The highest BCUT2D eigenvalue weighted by Crippen LogP contribution is 2.33. The summed E-state index contributed by atoms with van der Waals surface area (Å²) < 4.78 is 0. The summed E-state index contributed by atoms with van der Waals surface area (Å²) in [6.07, 6.45) is 0.901. The Morgan fingerprint density at radius 3 is 2.18 bits per heavy atom. The van der Waals surface area contributed by atoms with Gasteiger partial charge in [-0.25, -0.2) is 0 Å². The molecule has 0 bridgehead atoms. The van der Waals surface area contributed by atoms with Crippen molar-refractivity contribution in [3.8, 4) is 0 Å². The minimum Gasteiger partial charge on any atom is -0.289 e. The first-order chi connectivity index (χ1) is 10.7. The van der Waals surface area contributed by atoms with Gasteiger partial charge in [0.1, 0.15) is 0 Å². The molecular weight excluding hydrogens is 272 g/mol. The van der Waals surface area contributed by atoms with Crippen LogP contribution in [0.5, 0.6) is 0 Å². The highest BCUT2D eigenvalue weighted by atomic mass is 16.1. The fourth-order valence-corrected chi connectivity index (χ4v) is 3.18. The number of benzene rings is 3. The Kier molecular flexibility index (Phi) is 2.73. The predicted molar refractivity (Wildman–Crippen MR) is 86.6 cm³/mol. The van der Waals surface area contributed by atoms with Gasteiger partial charge in [0, 0.05) is 22.3 Å². The number of aryl methyl sites for hydroxylation is 1. The molecule has 0 aliphatic heterocycles. The zero-order valence-corrected chi connectivity index (χ0v) is 12.2. The van der Waals surface area contributed by atoms with Crippen molar-refractivity contribution in [1.82, 2.24) is 0 Å². The lowest BCUT2D eigenvalue weighted by atomic mass is 9.81. The Morgan fingerprint density at radius 1 is 0.773 bits per heavy atom. The van der Waals surface area contributed by atoms with E-state index >= 15 is 0 Å². The molecule has 1 aliphatic carbocycles. The molecule has 106 valence electrons. The van der Waals surface area contributed by atoms with Crippen molar-refractivity contribution in [2.24, 2.45) is 0 Å². The lowest BCUT2D eigenvalue weighted by Gasteiger charge is -2.19. The van der Waals surface area contributed by atoms with Crippen molar-refractivity contribution in [2.75, 3.05) is 0 Å². The highest BCUT2D eigenvalue weighted by molar-refractivity contribution is 6.32. The molecule has 0 atom stereocenters. The van der Waals surface area contributed by atoms with Crippen molar-refractivity contribution in [1.29, 1.82) is 0 Å². The zero-order valence-electron chi connectivity index (χ0n) is 12.2. The number of rotatable bonds is 1. The van der Waals surface area contributed by atoms with E-state index in [1.807, 2.05) is 18.2 Å². The lowest BCUT2D eigenvalue weighted by molar-refractivity contribution is 0.0980. The summed E-state index contributed by atoms with van der Waals surface area (Å²) >= 11 is 0. The van der Waals surface area contributed by atoms with Crippen LogP contribution in [0.15, 0.2) is 54.6 Å². The van der Waals surface area contributed by atoms with Crippen LogP contribution in [0.1, 0.15) is 44.3 Å². The minimum atomic E-state index is -0.0611. The van der Waals surface area contributed by atoms with Crippen LogP contribution in [-0.2, 0) is 6.42 Å². The van der Waals surface area contributed by atoms with Crippen LogP contribution in [0, 0.1) is 0 Å². The number of hydrogen-bond acceptors (Lipinski definition) is 2. The molecule has 2 heteroatoms. The van der Waals surface area contributed by atoms with Gasteiger partial charge in [0.05, 0.1) is 0 Å². The topological polar surface area (TPSA) is 34.1 Å². The fraction of sp³-hybridized carbons (Fsp3) is 0.100. The second-order valence-corrected chi connectivity index (χ2v) is 5.60. The Morgan fingerprint density at radius 2 is 1.45 bits per heavy atom. The number of carbonyl (C=O) groups excluding carboxylic acids is 2. The molecule has 0 saturated carbocycles. The van der Waals surface area contributed by atoms with Gasteiger partial charge < -0.3 is 0 Å². The van der Waals surface area contributed by atoms with E-state index in [-0.39, 0.29) is 11.6 Å². The maximum Gasteiger partial charge on any atom is 0.195 e. The largest absolute Gasteiger partial charge is 0.289 e. The van der Waals surface area contributed by atoms with Crippen LogP contribution < -0.4 is 0 Å². The maximum atomic E-state index is 12.9. The summed E-state index contributed by atoms with van der Waals surface area (Å²) in [5.74, 6) is -0.113. The standard InChI is InChI=1S/C20H14O2/c1-2-12-7-8-13-9-10-16-18(17(13)11-12)20(22)15-6-4-3-5-14(15)19(16)21/h3-11H,2H2,1H3. The number of hydrogen-bond donors (Lipinski definition) is 0. The second-order valence-electron chi connectivity index (χ2n) is 5.60. The maximum absolute atomic E-state index is 12.9. The molecule has 3 aromatic rings. The Hall–Kier alpha value is -2.74. The number of fused-ring (bicyclic) bond motifs is 4. The third kappa shape index (κ3) is 1.67. The van der Waals surface area contributed by atoms with Crippen molar-refractivity contribution < 1.29 is 9.59 Å². The molecular formula is C20H14O2. The average Bonchev–Trinajstić information content (AvgIpc) is 2.58. The first-order valence-corrected chi connectivity index (χ1v) is 7.44. The molecule has 0 spiro atoms. The molecule has 0 radical (unpaired) electrons. The number of ketones is 2. The van der Waals surface area contributed by atoms with Gasteiger partial charge in [-0.2, -0.15) is 0 Å². The molecule has 0 saturated heterocycles. The Labute approximate surface area is 128 Å². The van der Waals surface area contributed by atoms with Gasteiger partial charge in [-0.15, -0.1) is 0 Å². The molecule has 0 N–H and O–H groups in total. The van der Waals surface area contributed by atoms with Crippen molar-refractivity contribution in [2.45, 2.75) is 13.3 Å². The van der Waals surface area contributed by atoms with E-state index in [1.165, 1.54) is 5.56 Å². The van der Waals surface area contributed by atoms with Crippen LogP contribution in [0.4, 0.5) is 0 Å². The van der Waals surface area contributed by atoms with Gasteiger partial charge in [-0.3, -0.25) is 9.59 Å². The molecule has 0 aromatic heterocycles. The van der Waals surface area contributed by atoms with Crippen LogP contribution >= 0.6 is 0 Å². The van der Waals surface area contributed by atoms with E-state index in [1.54, 1.807) is 30.3 Å². The highest BCUT2D eigenvalue weighted by Gasteiger charge is 2.30. The normalized spacial score (nSPS) is 13.1. The minimum absolute atomic E-state index is 0.0518. The molecule has 2 nitrogen and oxygen atoms in total. The summed E-state index contributed by atoms with van der Waals surface area (Å²) in [5.41, 5.74) is 3.25. The summed E-state index contributed by atoms with van der Waals surface area (Å²) in [4.78, 5) is 25.6. The lowest BCUT2D eigenvalue weighted by Crippen LogP contribution is -2.21. The zero-order chi connectivity index (χ0) is 15.3. The van der Waals surface area contributed by atoms with Gasteiger partial charge in [0.25, 0.3) is 0 Å². The van der Waals surface area contributed by atoms with Gasteiger partial charge in [0.2, 0.25) is 0 Å². The first kappa shape index (κ1) is 13.0. The van der Waals surface area contributed by atoms with Gasteiger partial charge in [-0.1, -0.05) is 55.5 Å². The van der Waals surface area contributed by atoms with E-state index in [2.05, 4.69) is 13.0 Å². The molecule has 0 fully saturated rings. The molecule has 3 aromatic carbocycles. The molecule has 0 heterocycles. The van der Waals surface area contributed by atoms with E-state index in [9.17, 15) is 9.59 Å². The summed E-state index contributed by atoms with van der Waals surface area (Å²) in [6, 6.07) is 16.9. The smallest absolute Gasteiger partial charge is 0.195 e. The molecule has 0 amide bonds. The second kappa shape index (κ2) is 4.63. The van der Waals surface area contributed by atoms with Crippen LogP contribution in [0.3, 0.4) is 0 Å². The van der Waals surface area contributed by atoms with Crippen molar-refractivity contribution in [3.63, 3.8) is 0 Å². The molecule has 22 heavy (non-hydrogen) atoms. The van der Waals surface area contributed by atoms with Crippen LogP contribution in [-0.4, -0.2) is 11.6 Å². The predicted octanol–water partition coefficient (Wildman–Crippen LogP) is 4.18. The van der Waals surface area contributed by atoms with Crippen LogP contribution in [0.25, 0.3) is 10.8 Å². The number of carbonyl (C=O) groups is 2. The van der Waals surface area contributed by atoms with E-state index < -0.39 is 0 Å². The summed E-state index contributed by atoms with van der Waals surface area (Å²) in [7, 11) is 0. The Balaban J connectivity index is 2.09. The summed E-state index contributed by atoms with van der Waals surface area (Å²) in [6.45, 7) is 2.08. The van der Waals surface area contributed by atoms with E-state index in [4.69, 9.17) is 0 Å². The SMILES string of the molecule is CCc1ccc2ccc3c(c2c1)C(=O)c1ccccc1C3=O. The third-order valence-electron chi connectivity index (χ3n) is 4.38. The van der Waals surface area contributed by atoms with Crippen molar-refractivity contribution >= 4 is 22.3 Å². The van der Waals surface area contributed by atoms with E-state index in [0.717, 1.165) is 17.2 Å². The van der Waals surface area contributed by atoms with Gasteiger partial charge in [-0.05, 0) is 28.8 Å². The summed E-state index contributed by atoms with van der Waals surface area (Å²) in [5, 5.41) is 1.88. The monoisotopic (exact) mass is 286 g/mol. The molecule has 1 aliphatic rings. The van der Waals surface area contributed by atoms with Crippen molar-refractivity contribution in [3.05, 3.63) is 82.4 Å². The third-order valence-corrected chi connectivity index (χ3v) is 4.38. The molecule has 4 rings (SSSR count). The fourth-order valence-electron chi connectivity index (χ4n) is 3.18. The van der Waals surface area contributed by atoms with Gasteiger partial charge >= 0.3 is 0 Å². The first-order valence-electron chi connectivity index (χ1n) is 7.44.